The molecule has 0 radical (unpaired) electrons. The highest BCUT2D eigenvalue weighted by atomic mass is 32.2. The molecule has 2 aromatic carbocycles. The Morgan fingerprint density at radius 3 is 2.43 bits per heavy atom. The number of carbonyl (C=O) groups is 1. The molecule has 2 N–H and O–H groups in total. The van der Waals surface area contributed by atoms with E-state index in [0.717, 1.165) is 0 Å². The monoisotopic (exact) mass is 402 g/mol. The summed E-state index contributed by atoms with van der Waals surface area (Å²) in [4.78, 5) is 12.2. The van der Waals surface area contributed by atoms with Crippen molar-refractivity contribution in [2.45, 2.75) is 24.9 Å². The molecule has 1 amide bonds. The Balaban J connectivity index is 1.66. The fraction of sp³-hybridized carbons (Fsp3) is 0.150. The highest BCUT2D eigenvalue weighted by molar-refractivity contribution is 7.89. The molecule has 1 heterocycles. The van der Waals surface area contributed by atoms with Crippen molar-refractivity contribution in [3.05, 3.63) is 89.1 Å². The summed E-state index contributed by atoms with van der Waals surface area (Å²) < 4.78 is 45.8. The molecule has 0 aliphatic carbocycles. The van der Waals surface area contributed by atoms with E-state index in [2.05, 4.69) is 10.0 Å². The van der Waals surface area contributed by atoms with E-state index in [1.165, 1.54) is 36.6 Å². The molecule has 0 aliphatic rings. The van der Waals surface area contributed by atoms with Crippen molar-refractivity contribution < 1.29 is 22.0 Å². The first-order valence-electron chi connectivity index (χ1n) is 8.50. The van der Waals surface area contributed by atoms with Crippen LogP contribution in [0.2, 0.25) is 0 Å². The molecule has 0 bridgehead atoms. The average molecular weight is 402 g/mol. The lowest BCUT2D eigenvalue weighted by Crippen LogP contribution is -2.25. The third-order valence-electron chi connectivity index (χ3n) is 4.12. The maximum absolute atomic E-state index is 13.2. The zero-order valence-electron chi connectivity index (χ0n) is 15.1. The minimum absolute atomic E-state index is 0.0270. The van der Waals surface area contributed by atoms with Crippen LogP contribution in [-0.2, 0) is 23.1 Å². The van der Waals surface area contributed by atoms with Crippen LogP contribution in [0.5, 0.6) is 0 Å². The van der Waals surface area contributed by atoms with Gasteiger partial charge in [-0.15, -0.1) is 0 Å². The molecule has 8 heteroatoms. The summed E-state index contributed by atoms with van der Waals surface area (Å²) in [6, 6.07) is 13.5. The quantitative estimate of drug-likeness (QED) is 0.636. The molecule has 1 aromatic heterocycles. The first kappa shape index (κ1) is 19.8. The molecule has 0 unspecified atom stereocenters. The standard InChI is InChI=1S/C20H19FN2O4S/c1-14-19(8-9-27-14)20(24)22-12-16-5-3-7-18(11-16)28(25,26)23-13-15-4-2-6-17(21)10-15/h2-11,23H,12-13H2,1H3,(H,22,24). The summed E-state index contributed by atoms with van der Waals surface area (Å²) in [7, 11) is -3.78. The summed E-state index contributed by atoms with van der Waals surface area (Å²) in [5, 5.41) is 2.73. The summed E-state index contributed by atoms with van der Waals surface area (Å²) >= 11 is 0. The summed E-state index contributed by atoms with van der Waals surface area (Å²) in [5.41, 5.74) is 1.58. The lowest BCUT2D eigenvalue weighted by Gasteiger charge is -2.09. The molecular weight excluding hydrogens is 383 g/mol. The fourth-order valence-corrected chi connectivity index (χ4v) is 3.72. The predicted octanol–water partition coefficient (Wildman–Crippen LogP) is 3.14. The van der Waals surface area contributed by atoms with Crippen LogP contribution in [0.25, 0.3) is 0 Å². The van der Waals surface area contributed by atoms with E-state index in [-0.39, 0.29) is 23.9 Å². The minimum Gasteiger partial charge on any atom is -0.469 e. The highest BCUT2D eigenvalue weighted by Crippen LogP contribution is 2.14. The zero-order chi connectivity index (χ0) is 20.1. The molecule has 0 saturated carbocycles. The third kappa shape index (κ3) is 4.85. The molecule has 0 spiro atoms. The van der Waals surface area contributed by atoms with Gasteiger partial charge in [0.25, 0.3) is 5.91 Å². The van der Waals surface area contributed by atoms with Crippen LogP contribution < -0.4 is 10.0 Å². The van der Waals surface area contributed by atoms with Crippen LogP contribution in [0.1, 0.15) is 27.2 Å². The first-order valence-corrected chi connectivity index (χ1v) is 9.99. The average Bonchev–Trinajstić information content (AvgIpc) is 3.11. The molecule has 0 aliphatic heterocycles. The normalized spacial score (nSPS) is 11.4. The van der Waals surface area contributed by atoms with Gasteiger partial charge in [0.15, 0.2) is 0 Å². The Morgan fingerprint density at radius 1 is 1.04 bits per heavy atom. The third-order valence-corrected chi connectivity index (χ3v) is 5.52. The van der Waals surface area contributed by atoms with Gasteiger partial charge < -0.3 is 9.73 Å². The Hall–Kier alpha value is -2.97. The number of halogens is 1. The minimum atomic E-state index is -3.78. The van der Waals surface area contributed by atoms with Crippen LogP contribution in [0, 0.1) is 12.7 Å². The first-order chi connectivity index (χ1) is 13.3. The smallest absolute Gasteiger partial charge is 0.255 e. The Morgan fingerprint density at radius 2 is 1.75 bits per heavy atom. The van der Waals surface area contributed by atoms with Crippen LogP contribution in [-0.4, -0.2) is 14.3 Å². The summed E-state index contributed by atoms with van der Waals surface area (Å²) in [5.74, 6) is -0.221. The Kier molecular flexibility index (Phi) is 5.91. The van der Waals surface area contributed by atoms with Crippen LogP contribution >= 0.6 is 0 Å². The van der Waals surface area contributed by atoms with Gasteiger partial charge in [0.1, 0.15) is 11.6 Å². The molecular formula is C20H19FN2O4S. The van der Waals surface area contributed by atoms with Gasteiger partial charge in [-0.05, 0) is 48.4 Å². The number of sulfonamides is 1. The second-order valence-corrected chi connectivity index (χ2v) is 7.94. The zero-order valence-corrected chi connectivity index (χ0v) is 15.9. The van der Waals surface area contributed by atoms with Crippen LogP contribution in [0.4, 0.5) is 4.39 Å². The molecule has 6 nitrogen and oxygen atoms in total. The van der Waals surface area contributed by atoms with E-state index in [1.807, 2.05) is 0 Å². The fourth-order valence-electron chi connectivity index (χ4n) is 2.63. The molecule has 3 rings (SSSR count). The maximum atomic E-state index is 13.2. The van der Waals surface area contributed by atoms with Crippen molar-refractivity contribution in [3.8, 4) is 0 Å². The van der Waals surface area contributed by atoms with Gasteiger partial charge in [-0.1, -0.05) is 24.3 Å². The summed E-state index contributed by atoms with van der Waals surface area (Å²) in [6.45, 7) is 1.82. The van der Waals surface area contributed by atoms with Gasteiger partial charge in [0.05, 0.1) is 16.7 Å². The number of aryl methyl sites for hydroxylation is 1. The molecule has 3 aromatic rings. The maximum Gasteiger partial charge on any atom is 0.255 e. The lowest BCUT2D eigenvalue weighted by atomic mass is 10.2. The number of furan rings is 1. The van der Waals surface area contributed by atoms with Crippen molar-refractivity contribution >= 4 is 15.9 Å². The van der Waals surface area contributed by atoms with Gasteiger partial charge in [-0.3, -0.25) is 4.79 Å². The van der Waals surface area contributed by atoms with Gasteiger partial charge in [0.2, 0.25) is 10.0 Å². The van der Waals surface area contributed by atoms with E-state index in [4.69, 9.17) is 4.42 Å². The second-order valence-electron chi connectivity index (χ2n) is 6.18. The number of nitrogens with one attached hydrogen (secondary N) is 2. The number of benzene rings is 2. The van der Waals surface area contributed by atoms with Gasteiger partial charge in [0, 0.05) is 13.1 Å². The van der Waals surface area contributed by atoms with Crippen molar-refractivity contribution in [2.75, 3.05) is 0 Å². The van der Waals surface area contributed by atoms with Gasteiger partial charge >= 0.3 is 0 Å². The Labute approximate surface area is 162 Å². The predicted molar refractivity (Wildman–Crippen MR) is 101 cm³/mol. The van der Waals surface area contributed by atoms with Crippen molar-refractivity contribution in [1.82, 2.24) is 10.0 Å². The van der Waals surface area contributed by atoms with Crippen LogP contribution in [0.15, 0.2) is 70.2 Å². The van der Waals surface area contributed by atoms with E-state index in [0.29, 0.717) is 22.5 Å². The Bertz CT molecular complexity index is 1090. The molecule has 0 fully saturated rings. The van der Waals surface area contributed by atoms with Crippen LogP contribution in [0.3, 0.4) is 0 Å². The lowest BCUT2D eigenvalue weighted by molar-refractivity contribution is 0.0949. The highest BCUT2D eigenvalue weighted by Gasteiger charge is 2.15. The number of amides is 1. The molecule has 0 saturated heterocycles. The van der Waals surface area contributed by atoms with E-state index < -0.39 is 15.8 Å². The molecule has 28 heavy (non-hydrogen) atoms. The summed E-state index contributed by atoms with van der Waals surface area (Å²) in [6.07, 6.45) is 1.43. The SMILES string of the molecule is Cc1occc1C(=O)NCc1cccc(S(=O)(=O)NCc2cccc(F)c2)c1. The van der Waals surface area contributed by atoms with E-state index >= 15 is 0 Å². The van der Waals surface area contributed by atoms with Gasteiger partial charge in [-0.2, -0.15) is 0 Å². The molecule has 0 atom stereocenters. The number of carbonyl (C=O) groups excluding carboxylic acids is 1. The molecule has 146 valence electrons. The van der Waals surface area contributed by atoms with E-state index in [1.54, 1.807) is 31.2 Å². The number of rotatable bonds is 7. The van der Waals surface area contributed by atoms with E-state index in [9.17, 15) is 17.6 Å². The van der Waals surface area contributed by atoms with Crippen molar-refractivity contribution in [3.63, 3.8) is 0 Å². The largest absolute Gasteiger partial charge is 0.469 e. The number of hydrogen-bond donors (Lipinski definition) is 2. The van der Waals surface area contributed by atoms with Crippen molar-refractivity contribution in [1.29, 1.82) is 0 Å². The second kappa shape index (κ2) is 8.37. The number of hydrogen-bond acceptors (Lipinski definition) is 4. The van der Waals surface area contributed by atoms with Gasteiger partial charge in [-0.25, -0.2) is 17.5 Å². The topological polar surface area (TPSA) is 88.4 Å². The van der Waals surface area contributed by atoms with Crippen molar-refractivity contribution in [2.24, 2.45) is 0 Å².